The summed E-state index contributed by atoms with van der Waals surface area (Å²) < 4.78 is 2.23. The van der Waals surface area contributed by atoms with Gasteiger partial charge in [0.2, 0.25) is 0 Å². The summed E-state index contributed by atoms with van der Waals surface area (Å²) in [5, 5.41) is 3.28. The van der Waals surface area contributed by atoms with E-state index in [4.69, 9.17) is 4.98 Å². The number of benzene rings is 1. The second-order valence-corrected chi connectivity index (χ2v) is 7.39. The largest absolute Gasteiger partial charge is 0.330 e. The molecule has 4 rings (SSSR count). The Kier molecular flexibility index (Phi) is 4.60. The van der Waals surface area contributed by atoms with Gasteiger partial charge in [0.25, 0.3) is 0 Å². The smallest absolute Gasteiger partial charge is 0.123 e. The van der Waals surface area contributed by atoms with Crippen molar-refractivity contribution in [3.8, 4) is 0 Å². The van der Waals surface area contributed by atoms with Crippen LogP contribution in [0.25, 0.3) is 11.0 Å². The van der Waals surface area contributed by atoms with Gasteiger partial charge < -0.3 is 4.57 Å². The van der Waals surface area contributed by atoms with Crippen molar-refractivity contribution in [3.05, 3.63) is 46.7 Å². The molecule has 6 heteroatoms. The Hall–Kier alpha value is -1.76. The molecule has 3 heterocycles. The minimum atomic E-state index is 0.927. The molecule has 0 N–H and O–H groups in total. The van der Waals surface area contributed by atoms with Gasteiger partial charge in [-0.1, -0.05) is 12.1 Å². The van der Waals surface area contributed by atoms with Gasteiger partial charge in [0.15, 0.2) is 0 Å². The molecule has 0 unspecified atom stereocenters. The number of thiazole rings is 1. The summed E-state index contributed by atoms with van der Waals surface area (Å²) in [7, 11) is 2.12. The normalized spacial score (nSPS) is 17.4. The minimum Gasteiger partial charge on any atom is -0.330 e. The van der Waals surface area contributed by atoms with Crippen molar-refractivity contribution in [1.82, 2.24) is 24.3 Å². The van der Waals surface area contributed by atoms with E-state index in [9.17, 15) is 0 Å². The summed E-state index contributed by atoms with van der Waals surface area (Å²) in [6.45, 7) is 6.39. The molecule has 5 nitrogen and oxygen atoms in total. The van der Waals surface area contributed by atoms with Crippen molar-refractivity contribution >= 4 is 22.4 Å². The monoisotopic (exact) mass is 341 g/mol. The number of hydrogen-bond acceptors (Lipinski definition) is 5. The average molecular weight is 341 g/mol. The molecule has 0 spiro atoms. The summed E-state index contributed by atoms with van der Waals surface area (Å²) in [6, 6.07) is 8.37. The third-order valence-corrected chi connectivity index (χ3v) is 5.53. The molecule has 24 heavy (non-hydrogen) atoms. The predicted molar refractivity (Wildman–Crippen MR) is 98.0 cm³/mol. The Morgan fingerprint density at radius 2 is 1.83 bits per heavy atom. The molecule has 0 aliphatic carbocycles. The van der Waals surface area contributed by atoms with E-state index in [2.05, 4.69) is 56.0 Å². The topological polar surface area (TPSA) is 37.2 Å². The summed E-state index contributed by atoms with van der Waals surface area (Å²) in [5.41, 5.74) is 2.31. The molecular weight excluding hydrogens is 318 g/mol. The summed E-state index contributed by atoms with van der Waals surface area (Å²) in [6.07, 6.45) is 3.10. The number of aromatic nitrogens is 3. The van der Waals surface area contributed by atoms with Crippen molar-refractivity contribution < 1.29 is 0 Å². The fourth-order valence-corrected chi connectivity index (χ4v) is 4.06. The molecule has 126 valence electrons. The quantitative estimate of drug-likeness (QED) is 0.731. The lowest BCUT2D eigenvalue weighted by atomic mass is 10.3. The number of imidazole rings is 1. The Morgan fingerprint density at radius 3 is 2.58 bits per heavy atom. The third kappa shape index (κ3) is 3.36. The molecule has 1 fully saturated rings. The highest BCUT2D eigenvalue weighted by Gasteiger charge is 2.18. The Bertz CT molecular complexity index is 795. The first-order chi connectivity index (χ1) is 11.8. The molecule has 0 saturated carbocycles. The van der Waals surface area contributed by atoms with E-state index < -0.39 is 0 Å². The van der Waals surface area contributed by atoms with Crippen LogP contribution in [-0.2, 0) is 20.1 Å². The average Bonchev–Trinajstić information content (AvgIpc) is 3.14. The van der Waals surface area contributed by atoms with Gasteiger partial charge in [-0.25, -0.2) is 9.97 Å². The maximum Gasteiger partial charge on any atom is 0.123 e. The van der Waals surface area contributed by atoms with Crippen LogP contribution in [0.15, 0.2) is 35.8 Å². The van der Waals surface area contributed by atoms with E-state index in [1.165, 1.54) is 16.9 Å². The van der Waals surface area contributed by atoms with Crippen LogP contribution in [0.2, 0.25) is 0 Å². The van der Waals surface area contributed by atoms with E-state index in [0.717, 1.165) is 50.6 Å². The molecule has 1 saturated heterocycles. The molecule has 3 aromatic rings. The van der Waals surface area contributed by atoms with Crippen LogP contribution in [0.4, 0.5) is 0 Å². The van der Waals surface area contributed by atoms with Crippen molar-refractivity contribution in [2.45, 2.75) is 19.5 Å². The summed E-state index contributed by atoms with van der Waals surface area (Å²) in [5.74, 6) is 1.16. The summed E-state index contributed by atoms with van der Waals surface area (Å²) in [4.78, 5) is 14.3. The zero-order valence-corrected chi connectivity index (χ0v) is 14.9. The van der Waals surface area contributed by atoms with Crippen molar-refractivity contribution in [1.29, 1.82) is 0 Å². The maximum absolute atomic E-state index is 4.82. The first kappa shape index (κ1) is 15.7. The molecule has 1 aromatic carbocycles. The zero-order chi connectivity index (χ0) is 16.4. The van der Waals surface area contributed by atoms with Crippen LogP contribution in [0.5, 0.6) is 0 Å². The molecule has 0 bridgehead atoms. The van der Waals surface area contributed by atoms with Gasteiger partial charge >= 0.3 is 0 Å². The highest BCUT2D eigenvalue weighted by atomic mass is 32.1. The van der Waals surface area contributed by atoms with Crippen LogP contribution >= 0.6 is 11.3 Å². The number of fused-ring (bicyclic) bond motifs is 1. The lowest BCUT2D eigenvalue weighted by molar-refractivity contribution is 0.242. The van der Waals surface area contributed by atoms with Crippen LogP contribution in [-0.4, -0.2) is 50.5 Å². The summed E-state index contributed by atoms with van der Waals surface area (Å²) >= 11 is 1.75. The Morgan fingerprint density at radius 1 is 1.04 bits per heavy atom. The first-order valence-corrected chi connectivity index (χ1v) is 9.41. The number of para-hydroxylation sites is 2. The van der Waals surface area contributed by atoms with Gasteiger partial charge in [0, 0.05) is 31.7 Å². The minimum absolute atomic E-state index is 0.927. The Labute approximate surface area is 146 Å². The number of aryl methyl sites for hydroxylation is 1. The zero-order valence-electron chi connectivity index (χ0n) is 14.1. The van der Waals surface area contributed by atoms with Gasteiger partial charge in [0.1, 0.15) is 10.8 Å². The molecule has 2 aromatic heterocycles. The maximum atomic E-state index is 4.82. The van der Waals surface area contributed by atoms with E-state index in [0.29, 0.717) is 0 Å². The molecule has 0 radical (unpaired) electrons. The lowest BCUT2D eigenvalue weighted by Gasteiger charge is -2.21. The molecular formula is C18H23N5S. The molecule has 0 amide bonds. The van der Waals surface area contributed by atoms with Crippen molar-refractivity contribution in [3.63, 3.8) is 0 Å². The molecule has 1 aliphatic heterocycles. The predicted octanol–water partition coefficient (Wildman–Crippen LogP) is 2.74. The van der Waals surface area contributed by atoms with Crippen LogP contribution in [0.1, 0.15) is 17.3 Å². The second kappa shape index (κ2) is 7.01. The van der Waals surface area contributed by atoms with E-state index in [-0.39, 0.29) is 0 Å². The third-order valence-electron chi connectivity index (χ3n) is 4.77. The standard InChI is InChI=1S/C18H23N5S/c1-21-16-6-3-2-5-15(16)20-17(21)13-22-8-4-9-23(11-10-22)14-18-19-7-12-24-18/h2-3,5-7,12H,4,8-11,13-14H2,1H3. The molecule has 1 aliphatic rings. The number of rotatable bonds is 4. The highest BCUT2D eigenvalue weighted by Crippen LogP contribution is 2.17. The Balaban J connectivity index is 1.41. The van der Waals surface area contributed by atoms with Gasteiger partial charge in [-0.15, -0.1) is 11.3 Å². The van der Waals surface area contributed by atoms with Gasteiger partial charge in [-0.3, -0.25) is 9.80 Å². The van der Waals surface area contributed by atoms with E-state index in [1.807, 2.05) is 6.20 Å². The van der Waals surface area contributed by atoms with E-state index in [1.54, 1.807) is 11.3 Å². The van der Waals surface area contributed by atoms with Gasteiger partial charge in [-0.05, 0) is 31.6 Å². The number of nitrogens with zero attached hydrogens (tertiary/aromatic N) is 5. The van der Waals surface area contributed by atoms with Gasteiger partial charge in [0.05, 0.1) is 24.1 Å². The van der Waals surface area contributed by atoms with Crippen LogP contribution < -0.4 is 0 Å². The van der Waals surface area contributed by atoms with Gasteiger partial charge in [-0.2, -0.15) is 0 Å². The van der Waals surface area contributed by atoms with Crippen molar-refractivity contribution in [2.75, 3.05) is 26.2 Å². The second-order valence-electron chi connectivity index (χ2n) is 6.41. The highest BCUT2D eigenvalue weighted by molar-refractivity contribution is 7.09. The first-order valence-electron chi connectivity index (χ1n) is 8.53. The SMILES string of the molecule is Cn1c(CN2CCCN(Cc3nccs3)CC2)nc2ccccc21. The number of hydrogen-bond donors (Lipinski definition) is 0. The van der Waals surface area contributed by atoms with E-state index >= 15 is 0 Å². The fraction of sp³-hybridized carbons (Fsp3) is 0.444. The fourth-order valence-electron chi connectivity index (χ4n) is 3.40. The molecule has 0 atom stereocenters. The van der Waals surface area contributed by atoms with Crippen LogP contribution in [0.3, 0.4) is 0 Å². The van der Waals surface area contributed by atoms with Crippen LogP contribution in [0, 0.1) is 0 Å². The van der Waals surface area contributed by atoms with Crippen molar-refractivity contribution in [2.24, 2.45) is 7.05 Å². The lowest BCUT2D eigenvalue weighted by Crippen LogP contribution is -2.31.